The Kier molecular flexibility index (Phi) is 4.55. The van der Waals surface area contributed by atoms with Crippen LogP contribution in [-0.2, 0) is 17.8 Å². The number of carbonyl (C=O) groups is 1. The van der Waals surface area contributed by atoms with Gasteiger partial charge in [-0.15, -0.1) is 0 Å². The number of aryl methyl sites for hydroxylation is 1. The van der Waals surface area contributed by atoms with Crippen LogP contribution in [0.25, 0.3) is 11.0 Å². The highest BCUT2D eigenvalue weighted by atomic mass is 16.1. The van der Waals surface area contributed by atoms with Crippen LogP contribution in [0.3, 0.4) is 0 Å². The van der Waals surface area contributed by atoms with Gasteiger partial charge in [0, 0.05) is 26.4 Å². The Morgan fingerprint density at radius 1 is 1.37 bits per heavy atom. The average Bonchev–Trinajstić information content (AvgIpc) is 2.74. The van der Waals surface area contributed by atoms with E-state index in [9.17, 15) is 4.79 Å². The molecule has 1 aromatic heterocycles. The highest BCUT2D eigenvalue weighted by molar-refractivity contribution is 5.76. The number of unbranched alkanes of at least 4 members (excludes halogenated alkanes) is 1. The zero-order valence-electron chi connectivity index (χ0n) is 11.6. The SMILES string of the molecule is CCCCn1c(CCNC(C)=O)nc2ccccc21. The normalized spacial score (nSPS) is 10.8. The van der Waals surface area contributed by atoms with E-state index >= 15 is 0 Å². The number of hydrogen-bond donors (Lipinski definition) is 1. The topological polar surface area (TPSA) is 46.9 Å². The summed E-state index contributed by atoms with van der Waals surface area (Å²) in [5.74, 6) is 1.07. The van der Waals surface area contributed by atoms with Crippen molar-refractivity contribution in [1.82, 2.24) is 14.9 Å². The van der Waals surface area contributed by atoms with Gasteiger partial charge < -0.3 is 9.88 Å². The second kappa shape index (κ2) is 6.36. The zero-order valence-corrected chi connectivity index (χ0v) is 11.6. The van der Waals surface area contributed by atoms with Crippen molar-refractivity contribution < 1.29 is 4.79 Å². The number of aromatic nitrogens is 2. The molecule has 1 amide bonds. The molecule has 0 spiro atoms. The van der Waals surface area contributed by atoms with Crippen molar-refractivity contribution in [3.63, 3.8) is 0 Å². The van der Waals surface area contributed by atoms with Crippen molar-refractivity contribution in [1.29, 1.82) is 0 Å². The lowest BCUT2D eigenvalue weighted by Crippen LogP contribution is -2.23. The molecule has 0 atom stereocenters. The molecule has 0 aliphatic heterocycles. The second-order valence-corrected chi connectivity index (χ2v) is 4.75. The third-order valence-corrected chi connectivity index (χ3v) is 3.19. The van der Waals surface area contributed by atoms with Crippen molar-refractivity contribution in [3.05, 3.63) is 30.1 Å². The number of nitrogens with zero attached hydrogens (tertiary/aromatic N) is 2. The Balaban J connectivity index is 2.22. The van der Waals surface area contributed by atoms with Gasteiger partial charge in [0.05, 0.1) is 11.0 Å². The van der Waals surface area contributed by atoms with Gasteiger partial charge in [0.1, 0.15) is 5.82 Å². The number of hydrogen-bond acceptors (Lipinski definition) is 2. The van der Waals surface area contributed by atoms with Gasteiger partial charge in [0.2, 0.25) is 5.91 Å². The molecule has 1 N–H and O–H groups in total. The Bertz CT molecular complexity index is 560. The summed E-state index contributed by atoms with van der Waals surface area (Å²) in [5.41, 5.74) is 2.23. The summed E-state index contributed by atoms with van der Waals surface area (Å²) in [4.78, 5) is 15.6. The fraction of sp³-hybridized carbons (Fsp3) is 0.467. The Hall–Kier alpha value is -1.84. The molecule has 2 rings (SSSR count). The van der Waals surface area contributed by atoms with Gasteiger partial charge in [0.15, 0.2) is 0 Å². The van der Waals surface area contributed by atoms with Crippen LogP contribution in [-0.4, -0.2) is 22.0 Å². The van der Waals surface area contributed by atoms with Gasteiger partial charge >= 0.3 is 0 Å². The predicted molar refractivity (Wildman–Crippen MR) is 77.0 cm³/mol. The number of nitrogens with one attached hydrogen (secondary N) is 1. The van der Waals surface area contributed by atoms with E-state index in [4.69, 9.17) is 0 Å². The summed E-state index contributed by atoms with van der Waals surface area (Å²) >= 11 is 0. The molecule has 1 aromatic carbocycles. The number of imidazole rings is 1. The minimum Gasteiger partial charge on any atom is -0.356 e. The summed E-state index contributed by atoms with van der Waals surface area (Å²) in [6.07, 6.45) is 3.09. The largest absolute Gasteiger partial charge is 0.356 e. The molecule has 0 saturated carbocycles. The fourth-order valence-electron chi connectivity index (χ4n) is 2.23. The first-order valence-corrected chi connectivity index (χ1v) is 6.91. The van der Waals surface area contributed by atoms with Gasteiger partial charge in [0.25, 0.3) is 0 Å². The molecule has 19 heavy (non-hydrogen) atoms. The number of benzene rings is 1. The van der Waals surface area contributed by atoms with E-state index in [2.05, 4.69) is 27.9 Å². The molecule has 0 bridgehead atoms. The maximum atomic E-state index is 10.9. The van der Waals surface area contributed by atoms with E-state index in [0.717, 1.165) is 37.1 Å². The molecule has 4 nitrogen and oxygen atoms in total. The highest BCUT2D eigenvalue weighted by Crippen LogP contribution is 2.17. The van der Waals surface area contributed by atoms with Gasteiger partial charge in [-0.2, -0.15) is 0 Å². The van der Waals surface area contributed by atoms with Gasteiger partial charge in [-0.1, -0.05) is 25.5 Å². The van der Waals surface area contributed by atoms with Crippen LogP contribution in [0.1, 0.15) is 32.5 Å². The second-order valence-electron chi connectivity index (χ2n) is 4.75. The lowest BCUT2D eigenvalue weighted by Gasteiger charge is -2.08. The van der Waals surface area contributed by atoms with Crippen LogP contribution >= 0.6 is 0 Å². The van der Waals surface area contributed by atoms with E-state index in [1.54, 1.807) is 6.92 Å². The molecular weight excluding hydrogens is 238 g/mol. The Morgan fingerprint density at radius 3 is 2.89 bits per heavy atom. The van der Waals surface area contributed by atoms with E-state index in [1.807, 2.05) is 18.2 Å². The van der Waals surface area contributed by atoms with Crippen molar-refractivity contribution in [2.24, 2.45) is 0 Å². The highest BCUT2D eigenvalue weighted by Gasteiger charge is 2.09. The van der Waals surface area contributed by atoms with Crippen LogP contribution in [0, 0.1) is 0 Å². The van der Waals surface area contributed by atoms with Gasteiger partial charge in [-0.3, -0.25) is 4.79 Å². The number of amides is 1. The summed E-state index contributed by atoms with van der Waals surface area (Å²) < 4.78 is 2.28. The minimum absolute atomic E-state index is 0.0104. The summed E-state index contributed by atoms with van der Waals surface area (Å²) in [6.45, 7) is 5.37. The Morgan fingerprint density at radius 2 is 2.16 bits per heavy atom. The van der Waals surface area contributed by atoms with Crippen molar-refractivity contribution in [2.45, 2.75) is 39.7 Å². The standard InChI is InChI=1S/C15H21N3O/c1-3-4-11-18-14-8-6-5-7-13(14)17-15(18)9-10-16-12(2)19/h5-8H,3-4,9-11H2,1-2H3,(H,16,19). The first kappa shape index (κ1) is 13.6. The molecule has 1 heterocycles. The van der Waals surface area contributed by atoms with E-state index < -0.39 is 0 Å². The minimum atomic E-state index is 0.0104. The fourth-order valence-corrected chi connectivity index (χ4v) is 2.23. The maximum Gasteiger partial charge on any atom is 0.216 e. The molecule has 0 aliphatic carbocycles. The molecule has 0 unspecified atom stereocenters. The molecule has 0 fully saturated rings. The number of rotatable bonds is 6. The van der Waals surface area contributed by atoms with Crippen LogP contribution in [0.15, 0.2) is 24.3 Å². The van der Waals surface area contributed by atoms with Crippen molar-refractivity contribution >= 4 is 16.9 Å². The van der Waals surface area contributed by atoms with Crippen molar-refractivity contribution in [3.8, 4) is 0 Å². The zero-order chi connectivity index (χ0) is 13.7. The van der Waals surface area contributed by atoms with Crippen molar-refractivity contribution in [2.75, 3.05) is 6.54 Å². The number of carbonyl (C=O) groups excluding carboxylic acids is 1. The van der Waals surface area contributed by atoms with Crippen LogP contribution in [0.2, 0.25) is 0 Å². The molecule has 2 aromatic rings. The van der Waals surface area contributed by atoms with E-state index in [-0.39, 0.29) is 5.91 Å². The first-order chi connectivity index (χ1) is 9.22. The van der Waals surface area contributed by atoms with E-state index in [0.29, 0.717) is 6.54 Å². The quantitative estimate of drug-likeness (QED) is 0.866. The molecule has 4 heteroatoms. The number of fused-ring (bicyclic) bond motifs is 1. The first-order valence-electron chi connectivity index (χ1n) is 6.91. The molecular formula is C15H21N3O. The maximum absolute atomic E-state index is 10.9. The summed E-state index contributed by atoms with van der Waals surface area (Å²) in [5, 5.41) is 2.83. The molecule has 0 saturated heterocycles. The lowest BCUT2D eigenvalue weighted by atomic mass is 10.3. The third kappa shape index (κ3) is 3.34. The summed E-state index contributed by atoms with van der Waals surface area (Å²) in [7, 11) is 0. The molecule has 0 radical (unpaired) electrons. The van der Waals surface area contributed by atoms with Crippen LogP contribution < -0.4 is 5.32 Å². The third-order valence-electron chi connectivity index (χ3n) is 3.19. The Labute approximate surface area is 113 Å². The van der Waals surface area contributed by atoms with Crippen LogP contribution in [0.5, 0.6) is 0 Å². The number of para-hydroxylation sites is 2. The van der Waals surface area contributed by atoms with Gasteiger partial charge in [-0.25, -0.2) is 4.98 Å². The smallest absolute Gasteiger partial charge is 0.216 e. The van der Waals surface area contributed by atoms with Crippen LogP contribution in [0.4, 0.5) is 0 Å². The summed E-state index contributed by atoms with van der Waals surface area (Å²) in [6, 6.07) is 8.21. The van der Waals surface area contributed by atoms with Gasteiger partial charge in [-0.05, 0) is 18.6 Å². The molecule has 102 valence electrons. The lowest BCUT2D eigenvalue weighted by molar-refractivity contribution is -0.118. The predicted octanol–water partition coefficient (Wildman–Crippen LogP) is 2.52. The monoisotopic (exact) mass is 259 g/mol. The van der Waals surface area contributed by atoms with E-state index in [1.165, 1.54) is 5.52 Å². The average molecular weight is 259 g/mol. The molecule has 0 aliphatic rings.